The van der Waals surface area contributed by atoms with Crippen molar-refractivity contribution in [1.29, 1.82) is 0 Å². The summed E-state index contributed by atoms with van der Waals surface area (Å²) in [6, 6.07) is 10.2. The summed E-state index contributed by atoms with van der Waals surface area (Å²) in [4.78, 5) is 13.9. The number of rotatable bonds is 3. The molecule has 0 aliphatic heterocycles. The first-order valence-electron chi connectivity index (χ1n) is 7.63. The van der Waals surface area contributed by atoms with E-state index in [0.29, 0.717) is 5.69 Å². The summed E-state index contributed by atoms with van der Waals surface area (Å²) >= 11 is 5.73. The van der Waals surface area contributed by atoms with Crippen LogP contribution in [0.4, 0.5) is 10.1 Å². The van der Waals surface area contributed by atoms with Gasteiger partial charge in [-0.05, 0) is 44.5 Å². The molecule has 3 rings (SSSR count). The monoisotopic (exact) mass is 358 g/mol. The van der Waals surface area contributed by atoms with E-state index in [9.17, 15) is 9.18 Å². The maximum Gasteiger partial charge on any atom is 0.278 e. The number of aromatic nitrogens is 3. The summed E-state index contributed by atoms with van der Waals surface area (Å²) in [5.74, 6) is -1.23. The molecule has 0 radical (unpaired) electrons. The fraction of sp³-hybridized carbons (Fsp3) is 0.167. The van der Waals surface area contributed by atoms with Gasteiger partial charge in [-0.1, -0.05) is 35.4 Å². The minimum Gasteiger partial charge on any atom is -0.318 e. The van der Waals surface area contributed by atoms with Crippen molar-refractivity contribution in [2.24, 2.45) is 0 Å². The Morgan fingerprint density at radius 2 is 1.92 bits per heavy atom. The molecule has 0 bridgehead atoms. The maximum atomic E-state index is 14.0. The molecule has 0 aliphatic rings. The topological polar surface area (TPSA) is 59.8 Å². The average Bonchev–Trinajstić information content (AvgIpc) is 2.93. The second-order valence-corrected chi connectivity index (χ2v) is 6.18. The molecule has 0 atom stereocenters. The first kappa shape index (κ1) is 17.1. The lowest BCUT2D eigenvalue weighted by Crippen LogP contribution is -2.15. The molecule has 128 valence electrons. The van der Waals surface area contributed by atoms with Gasteiger partial charge in [-0.15, -0.1) is 5.10 Å². The number of carbonyl (C=O) groups excluding carboxylic acids is 1. The lowest BCUT2D eigenvalue weighted by molar-refractivity contribution is 0.102. The number of amides is 1. The lowest BCUT2D eigenvalue weighted by atomic mass is 10.1. The third-order valence-electron chi connectivity index (χ3n) is 3.76. The van der Waals surface area contributed by atoms with Crippen molar-refractivity contribution < 1.29 is 9.18 Å². The zero-order valence-electron chi connectivity index (χ0n) is 14.0. The summed E-state index contributed by atoms with van der Waals surface area (Å²) in [5.41, 5.74) is 3.46. The molecule has 0 spiro atoms. The highest BCUT2D eigenvalue weighted by atomic mass is 35.5. The predicted molar refractivity (Wildman–Crippen MR) is 94.9 cm³/mol. The second kappa shape index (κ2) is 6.64. The van der Waals surface area contributed by atoms with Crippen molar-refractivity contribution in [2.45, 2.75) is 20.8 Å². The Morgan fingerprint density at radius 1 is 1.16 bits per heavy atom. The van der Waals surface area contributed by atoms with Crippen molar-refractivity contribution in [3.05, 3.63) is 69.8 Å². The van der Waals surface area contributed by atoms with Crippen molar-refractivity contribution in [1.82, 2.24) is 15.0 Å². The maximum absolute atomic E-state index is 14.0. The highest BCUT2D eigenvalue weighted by molar-refractivity contribution is 6.31. The molecule has 1 aromatic heterocycles. The van der Waals surface area contributed by atoms with Crippen LogP contribution >= 0.6 is 11.6 Å². The number of nitrogens with zero attached hydrogens (tertiary/aromatic N) is 3. The van der Waals surface area contributed by atoms with Crippen molar-refractivity contribution in [3.8, 4) is 5.69 Å². The summed E-state index contributed by atoms with van der Waals surface area (Å²) in [5, 5.41) is 11.0. The molecule has 25 heavy (non-hydrogen) atoms. The minimum atomic E-state index is -0.683. The van der Waals surface area contributed by atoms with E-state index in [0.717, 1.165) is 16.8 Å². The average molecular weight is 359 g/mol. The number of nitrogens with one attached hydrogen (secondary N) is 1. The van der Waals surface area contributed by atoms with E-state index in [1.54, 1.807) is 13.0 Å². The highest BCUT2D eigenvalue weighted by Gasteiger charge is 2.19. The minimum absolute atomic E-state index is 0.00188. The van der Waals surface area contributed by atoms with Crippen molar-refractivity contribution in [3.63, 3.8) is 0 Å². The van der Waals surface area contributed by atoms with Gasteiger partial charge in [-0.25, -0.2) is 4.39 Å². The SMILES string of the molecule is Cc1ccc(-n2nc(C)c(C(=O)Nc3cccc(Cl)c3F)n2)c(C)c1. The van der Waals surface area contributed by atoms with Gasteiger partial charge < -0.3 is 5.32 Å². The van der Waals surface area contributed by atoms with E-state index < -0.39 is 11.7 Å². The number of anilines is 1. The quantitative estimate of drug-likeness (QED) is 0.761. The molecular weight excluding hydrogens is 343 g/mol. The largest absolute Gasteiger partial charge is 0.318 e. The highest BCUT2D eigenvalue weighted by Crippen LogP contribution is 2.23. The fourth-order valence-electron chi connectivity index (χ4n) is 2.51. The molecule has 5 nitrogen and oxygen atoms in total. The second-order valence-electron chi connectivity index (χ2n) is 5.77. The molecule has 1 heterocycles. The molecule has 1 N–H and O–H groups in total. The van der Waals surface area contributed by atoms with Gasteiger partial charge >= 0.3 is 0 Å². The molecule has 0 fully saturated rings. The van der Waals surface area contributed by atoms with Gasteiger partial charge in [0.15, 0.2) is 11.5 Å². The van der Waals surface area contributed by atoms with Gasteiger partial charge in [0.2, 0.25) is 0 Å². The van der Waals surface area contributed by atoms with Gasteiger partial charge in [-0.3, -0.25) is 4.79 Å². The predicted octanol–water partition coefficient (Wildman–Crippen LogP) is 4.24. The number of carbonyl (C=O) groups is 1. The zero-order chi connectivity index (χ0) is 18.1. The molecule has 0 saturated heterocycles. The summed E-state index contributed by atoms with van der Waals surface area (Å²) in [6.07, 6.45) is 0. The summed E-state index contributed by atoms with van der Waals surface area (Å²) in [6.45, 7) is 5.62. The Balaban J connectivity index is 1.92. The normalized spacial score (nSPS) is 10.8. The Morgan fingerprint density at radius 3 is 2.64 bits per heavy atom. The van der Waals surface area contributed by atoms with E-state index in [1.807, 2.05) is 32.0 Å². The standard InChI is InChI=1S/C18H16ClFN4O/c1-10-7-8-15(11(2)9-10)24-22-12(3)17(23-24)18(25)21-14-6-4-5-13(19)16(14)20/h4-9H,1-3H3,(H,21,25). The lowest BCUT2D eigenvalue weighted by Gasteiger charge is -2.06. The van der Waals surface area contributed by atoms with Crippen LogP contribution in [0, 0.1) is 26.6 Å². The number of hydrogen-bond acceptors (Lipinski definition) is 3. The van der Waals surface area contributed by atoms with Crippen LogP contribution in [0.1, 0.15) is 27.3 Å². The third-order valence-corrected chi connectivity index (χ3v) is 4.06. The van der Waals surface area contributed by atoms with E-state index in [1.165, 1.54) is 16.9 Å². The Labute approximate surface area is 149 Å². The Bertz CT molecular complexity index is 968. The number of benzene rings is 2. The molecule has 0 aliphatic carbocycles. The van der Waals surface area contributed by atoms with Crippen LogP contribution in [-0.4, -0.2) is 20.9 Å². The van der Waals surface area contributed by atoms with Gasteiger partial charge in [0, 0.05) is 0 Å². The summed E-state index contributed by atoms with van der Waals surface area (Å²) < 4.78 is 14.0. The number of halogens is 2. The van der Waals surface area contributed by atoms with E-state index >= 15 is 0 Å². The van der Waals surface area contributed by atoms with Crippen molar-refractivity contribution in [2.75, 3.05) is 5.32 Å². The molecule has 3 aromatic rings. The van der Waals surface area contributed by atoms with E-state index in [4.69, 9.17) is 11.6 Å². The van der Waals surface area contributed by atoms with Crippen LogP contribution in [0.15, 0.2) is 36.4 Å². The molecular formula is C18H16ClFN4O. The molecule has 0 saturated carbocycles. The smallest absolute Gasteiger partial charge is 0.278 e. The van der Waals surface area contributed by atoms with Crippen LogP contribution in [0.2, 0.25) is 5.02 Å². The van der Waals surface area contributed by atoms with Gasteiger partial charge in [0.25, 0.3) is 5.91 Å². The number of aryl methyl sites for hydroxylation is 3. The van der Waals surface area contributed by atoms with Gasteiger partial charge in [0.05, 0.1) is 22.1 Å². The van der Waals surface area contributed by atoms with Crippen molar-refractivity contribution >= 4 is 23.2 Å². The molecule has 1 amide bonds. The number of hydrogen-bond donors (Lipinski definition) is 1. The fourth-order valence-corrected chi connectivity index (χ4v) is 2.68. The van der Waals surface area contributed by atoms with Gasteiger partial charge in [-0.2, -0.15) is 9.90 Å². The Hall–Kier alpha value is -2.73. The first-order chi connectivity index (χ1) is 11.9. The first-order valence-corrected chi connectivity index (χ1v) is 8.01. The van der Waals surface area contributed by atoms with Gasteiger partial charge in [0.1, 0.15) is 0 Å². The Kier molecular flexibility index (Phi) is 4.55. The molecule has 0 unspecified atom stereocenters. The van der Waals surface area contributed by atoms with Crippen LogP contribution < -0.4 is 5.32 Å². The van der Waals surface area contributed by atoms with Crippen LogP contribution in [0.3, 0.4) is 0 Å². The van der Waals surface area contributed by atoms with Crippen LogP contribution in [0.5, 0.6) is 0 Å². The van der Waals surface area contributed by atoms with Crippen LogP contribution in [0.25, 0.3) is 5.69 Å². The zero-order valence-corrected chi connectivity index (χ0v) is 14.7. The van der Waals surface area contributed by atoms with E-state index in [2.05, 4.69) is 15.5 Å². The molecule has 2 aromatic carbocycles. The van der Waals surface area contributed by atoms with E-state index in [-0.39, 0.29) is 16.4 Å². The summed E-state index contributed by atoms with van der Waals surface area (Å²) in [7, 11) is 0. The molecule has 7 heteroatoms. The van der Waals surface area contributed by atoms with Crippen LogP contribution in [-0.2, 0) is 0 Å². The third kappa shape index (κ3) is 3.39.